The predicted molar refractivity (Wildman–Crippen MR) is 70.9 cm³/mol. The Bertz CT molecular complexity index is 641. The third-order valence-corrected chi connectivity index (χ3v) is 3.13. The molecule has 0 aromatic heterocycles. The Morgan fingerprint density at radius 2 is 1.68 bits per heavy atom. The molecule has 98 valence electrons. The van der Waals surface area contributed by atoms with Crippen molar-refractivity contribution in [1.29, 1.82) is 0 Å². The molecule has 2 rings (SSSR count). The van der Waals surface area contributed by atoms with Gasteiger partial charge in [-0.25, -0.2) is 8.78 Å². The zero-order chi connectivity index (χ0) is 14.0. The van der Waals surface area contributed by atoms with E-state index in [0.29, 0.717) is 5.02 Å². The summed E-state index contributed by atoms with van der Waals surface area (Å²) >= 11 is 11.3. The van der Waals surface area contributed by atoms with Gasteiger partial charge in [0.05, 0.1) is 5.02 Å². The molecule has 0 heterocycles. The summed E-state index contributed by atoms with van der Waals surface area (Å²) in [6.07, 6.45) is -0.158. The van der Waals surface area contributed by atoms with Crippen LogP contribution in [-0.2, 0) is 6.42 Å². The van der Waals surface area contributed by atoms with Crippen molar-refractivity contribution in [2.75, 3.05) is 0 Å². The SMILES string of the molecule is O=C(Cc1cc(Cl)ccc1F)c1ccc(F)c(Cl)c1. The third-order valence-electron chi connectivity index (χ3n) is 2.60. The first kappa shape index (κ1) is 14.0. The van der Waals surface area contributed by atoms with E-state index in [2.05, 4.69) is 0 Å². The van der Waals surface area contributed by atoms with Crippen molar-refractivity contribution >= 4 is 29.0 Å². The molecule has 1 nitrogen and oxygen atoms in total. The molecule has 19 heavy (non-hydrogen) atoms. The molecule has 0 saturated heterocycles. The van der Waals surface area contributed by atoms with Crippen molar-refractivity contribution in [2.45, 2.75) is 6.42 Å². The second-order valence-electron chi connectivity index (χ2n) is 3.96. The topological polar surface area (TPSA) is 17.1 Å². The highest BCUT2D eigenvalue weighted by Gasteiger charge is 2.12. The van der Waals surface area contributed by atoms with Gasteiger partial charge in [0.2, 0.25) is 0 Å². The summed E-state index contributed by atoms with van der Waals surface area (Å²) < 4.78 is 26.5. The summed E-state index contributed by atoms with van der Waals surface area (Å²) in [6.45, 7) is 0. The van der Waals surface area contributed by atoms with E-state index >= 15 is 0 Å². The molecule has 0 saturated carbocycles. The summed E-state index contributed by atoms with van der Waals surface area (Å²) in [7, 11) is 0. The Labute approximate surface area is 118 Å². The van der Waals surface area contributed by atoms with E-state index < -0.39 is 11.6 Å². The molecule has 0 aliphatic rings. The molecule has 5 heteroatoms. The first-order chi connectivity index (χ1) is 8.97. The minimum absolute atomic E-state index is 0.141. The lowest BCUT2D eigenvalue weighted by Gasteiger charge is -2.04. The first-order valence-corrected chi connectivity index (χ1v) is 6.15. The molecule has 0 unspecified atom stereocenters. The van der Waals surface area contributed by atoms with Gasteiger partial charge in [0.15, 0.2) is 5.78 Å². The molecule has 0 N–H and O–H groups in total. The van der Waals surface area contributed by atoms with E-state index in [1.54, 1.807) is 0 Å². The smallest absolute Gasteiger partial charge is 0.167 e. The van der Waals surface area contributed by atoms with E-state index in [0.717, 1.165) is 6.07 Å². The van der Waals surface area contributed by atoms with Crippen molar-refractivity contribution in [3.05, 3.63) is 69.2 Å². The molecular weight excluding hydrogens is 293 g/mol. The summed E-state index contributed by atoms with van der Waals surface area (Å²) in [5.41, 5.74) is 0.420. The minimum Gasteiger partial charge on any atom is -0.294 e. The van der Waals surface area contributed by atoms with Gasteiger partial charge in [0.1, 0.15) is 11.6 Å². The van der Waals surface area contributed by atoms with E-state index in [4.69, 9.17) is 23.2 Å². The Morgan fingerprint density at radius 3 is 2.37 bits per heavy atom. The Morgan fingerprint density at radius 1 is 1.00 bits per heavy atom. The molecule has 2 aromatic carbocycles. The standard InChI is InChI=1S/C14H8Cl2F2O/c15-10-2-4-12(17)9(5-10)7-14(19)8-1-3-13(18)11(16)6-8/h1-6H,7H2. The van der Waals surface area contributed by atoms with Crippen LogP contribution in [0.3, 0.4) is 0 Å². The maximum absolute atomic E-state index is 13.5. The Kier molecular flexibility index (Phi) is 4.17. The highest BCUT2D eigenvalue weighted by atomic mass is 35.5. The van der Waals surface area contributed by atoms with E-state index in [1.165, 1.54) is 30.3 Å². The quantitative estimate of drug-likeness (QED) is 0.751. The second kappa shape index (κ2) is 5.68. The number of Topliss-reactive ketones (excluding diaryl/α,β-unsaturated/α-hetero) is 1. The van der Waals surface area contributed by atoms with Crippen LogP contribution in [-0.4, -0.2) is 5.78 Å². The highest BCUT2D eigenvalue weighted by Crippen LogP contribution is 2.20. The fourth-order valence-electron chi connectivity index (χ4n) is 1.62. The van der Waals surface area contributed by atoms with Crippen molar-refractivity contribution in [2.24, 2.45) is 0 Å². The fourth-order valence-corrected chi connectivity index (χ4v) is 2.00. The predicted octanol–water partition coefficient (Wildman–Crippen LogP) is 4.70. The van der Waals surface area contributed by atoms with Gasteiger partial charge in [-0.1, -0.05) is 23.2 Å². The van der Waals surface area contributed by atoms with E-state index in [9.17, 15) is 13.6 Å². The van der Waals surface area contributed by atoms with Crippen molar-refractivity contribution in [3.63, 3.8) is 0 Å². The van der Waals surface area contributed by atoms with Gasteiger partial charge in [-0.3, -0.25) is 4.79 Å². The van der Waals surface area contributed by atoms with Crippen LogP contribution < -0.4 is 0 Å². The lowest BCUT2D eigenvalue weighted by molar-refractivity contribution is 0.0992. The Balaban J connectivity index is 2.25. The molecule has 0 radical (unpaired) electrons. The zero-order valence-electron chi connectivity index (χ0n) is 9.59. The molecule has 0 fully saturated rings. The van der Waals surface area contributed by atoms with Crippen molar-refractivity contribution in [1.82, 2.24) is 0 Å². The molecule has 0 aliphatic heterocycles. The van der Waals surface area contributed by atoms with Gasteiger partial charge in [-0.15, -0.1) is 0 Å². The third kappa shape index (κ3) is 3.31. The molecule has 0 bridgehead atoms. The summed E-state index contributed by atoms with van der Waals surface area (Å²) in [5.74, 6) is -1.47. The van der Waals surface area contributed by atoms with Gasteiger partial charge >= 0.3 is 0 Å². The maximum atomic E-state index is 13.5. The van der Waals surface area contributed by atoms with Crippen molar-refractivity contribution in [3.8, 4) is 0 Å². The number of hydrogen-bond acceptors (Lipinski definition) is 1. The molecule has 2 aromatic rings. The highest BCUT2D eigenvalue weighted by molar-refractivity contribution is 6.31. The average Bonchev–Trinajstić information content (AvgIpc) is 2.37. The second-order valence-corrected chi connectivity index (χ2v) is 4.81. The largest absolute Gasteiger partial charge is 0.294 e. The number of rotatable bonds is 3. The monoisotopic (exact) mass is 300 g/mol. The molecule has 0 aliphatic carbocycles. The van der Waals surface area contributed by atoms with Gasteiger partial charge < -0.3 is 0 Å². The molecule has 0 spiro atoms. The van der Waals surface area contributed by atoms with Crippen LogP contribution in [0.4, 0.5) is 8.78 Å². The number of ketones is 1. The number of carbonyl (C=O) groups excluding carboxylic acids is 1. The Hall–Kier alpha value is -1.45. The van der Waals surface area contributed by atoms with Crippen LogP contribution in [0, 0.1) is 11.6 Å². The van der Waals surface area contributed by atoms with Crippen LogP contribution in [0.1, 0.15) is 15.9 Å². The van der Waals surface area contributed by atoms with Gasteiger partial charge in [0, 0.05) is 17.0 Å². The van der Waals surface area contributed by atoms with E-state index in [1.807, 2.05) is 0 Å². The number of benzene rings is 2. The van der Waals surface area contributed by atoms with E-state index in [-0.39, 0.29) is 28.4 Å². The minimum atomic E-state index is -0.604. The first-order valence-electron chi connectivity index (χ1n) is 5.39. The maximum Gasteiger partial charge on any atom is 0.167 e. The normalized spacial score (nSPS) is 10.5. The number of halogens is 4. The summed E-state index contributed by atoms with van der Waals surface area (Å²) in [6, 6.07) is 7.62. The van der Waals surface area contributed by atoms with Crippen molar-refractivity contribution < 1.29 is 13.6 Å². The average molecular weight is 301 g/mol. The van der Waals surface area contributed by atoms with Crippen LogP contribution >= 0.6 is 23.2 Å². The van der Waals surface area contributed by atoms with Gasteiger partial charge in [-0.2, -0.15) is 0 Å². The number of hydrogen-bond donors (Lipinski definition) is 0. The number of carbonyl (C=O) groups is 1. The van der Waals surface area contributed by atoms with Gasteiger partial charge in [-0.05, 0) is 42.0 Å². The zero-order valence-corrected chi connectivity index (χ0v) is 11.1. The van der Waals surface area contributed by atoms with Crippen LogP contribution in [0.25, 0.3) is 0 Å². The molecular formula is C14H8Cl2F2O. The lowest BCUT2D eigenvalue weighted by Crippen LogP contribution is -2.05. The summed E-state index contributed by atoms with van der Waals surface area (Å²) in [4.78, 5) is 12.0. The van der Waals surface area contributed by atoms with Crippen LogP contribution in [0.2, 0.25) is 10.0 Å². The van der Waals surface area contributed by atoms with Gasteiger partial charge in [0.25, 0.3) is 0 Å². The summed E-state index contributed by atoms with van der Waals surface area (Å²) in [5, 5.41) is 0.207. The fraction of sp³-hybridized carbons (Fsp3) is 0.0714. The molecule has 0 amide bonds. The molecule has 0 atom stereocenters. The van der Waals surface area contributed by atoms with Crippen LogP contribution in [0.15, 0.2) is 36.4 Å². The lowest BCUT2D eigenvalue weighted by atomic mass is 10.0. The van der Waals surface area contributed by atoms with Crippen LogP contribution in [0.5, 0.6) is 0 Å².